The number of benzene rings is 9. The van der Waals surface area contributed by atoms with Gasteiger partial charge in [0.1, 0.15) is 0 Å². The Kier molecular flexibility index (Phi) is 8.66. The molecule has 0 radical (unpaired) electrons. The Hall–Kier alpha value is -6.96. The molecule has 0 aliphatic heterocycles. The lowest BCUT2D eigenvalue weighted by molar-refractivity contribution is 1.28. The molecule has 250 valence electrons. The smallest absolute Gasteiger partial charge is 0.0540 e. The quantitative estimate of drug-likeness (QED) is 0.155. The van der Waals surface area contributed by atoms with Crippen molar-refractivity contribution in [3.05, 3.63) is 224 Å². The molecule has 0 spiro atoms. The van der Waals surface area contributed by atoms with Crippen molar-refractivity contribution in [3.8, 4) is 55.6 Å². The molecule has 1 heteroatoms. The van der Waals surface area contributed by atoms with E-state index in [1.165, 1.54) is 66.4 Å². The van der Waals surface area contributed by atoms with Gasteiger partial charge in [-0.2, -0.15) is 0 Å². The molecule has 0 heterocycles. The summed E-state index contributed by atoms with van der Waals surface area (Å²) in [5, 5.41) is 2.50. The molecule has 0 saturated heterocycles. The summed E-state index contributed by atoms with van der Waals surface area (Å²) in [6, 6.07) is 80.8. The van der Waals surface area contributed by atoms with Gasteiger partial charge in [0.25, 0.3) is 0 Å². The molecule has 0 aliphatic rings. The van der Waals surface area contributed by atoms with Crippen LogP contribution in [-0.2, 0) is 0 Å². The van der Waals surface area contributed by atoms with Crippen molar-refractivity contribution >= 4 is 27.8 Å². The van der Waals surface area contributed by atoms with Gasteiger partial charge in [0.2, 0.25) is 0 Å². The molecule has 0 saturated carbocycles. The molecule has 0 unspecified atom stereocenters. The highest BCUT2D eigenvalue weighted by atomic mass is 15.1. The fraction of sp³-hybridized carbons (Fsp3) is 0. The molecular weight excluding hydrogens is 639 g/mol. The van der Waals surface area contributed by atoms with Crippen LogP contribution in [-0.4, -0.2) is 0 Å². The fourth-order valence-corrected chi connectivity index (χ4v) is 7.39. The number of nitrogens with zero attached hydrogens (tertiary/aromatic N) is 1. The molecule has 9 aromatic rings. The first-order valence-electron chi connectivity index (χ1n) is 18.2. The monoisotopic (exact) mass is 675 g/mol. The first-order chi connectivity index (χ1) is 26.3. The zero-order chi connectivity index (χ0) is 35.4. The third-order valence-corrected chi connectivity index (χ3v) is 10.1. The molecule has 0 aromatic heterocycles. The van der Waals surface area contributed by atoms with Crippen LogP contribution in [0.25, 0.3) is 66.4 Å². The Morgan fingerprint density at radius 1 is 0.226 bits per heavy atom. The van der Waals surface area contributed by atoms with E-state index in [0.717, 1.165) is 17.1 Å². The summed E-state index contributed by atoms with van der Waals surface area (Å²) in [5.41, 5.74) is 15.3. The van der Waals surface area contributed by atoms with E-state index in [9.17, 15) is 0 Å². The largest absolute Gasteiger partial charge is 0.310 e. The van der Waals surface area contributed by atoms with Crippen LogP contribution in [0.3, 0.4) is 0 Å². The third kappa shape index (κ3) is 6.53. The Morgan fingerprint density at radius 2 is 0.660 bits per heavy atom. The molecule has 0 bridgehead atoms. The minimum absolute atomic E-state index is 1.10. The molecular formula is C52H37N. The van der Waals surface area contributed by atoms with E-state index < -0.39 is 0 Å². The third-order valence-electron chi connectivity index (χ3n) is 10.1. The van der Waals surface area contributed by atoms with Gasteiger partial charge in [-0.05, 0) is 109 Å². The van der Waals surface area contributed by atoms with Crippen LogP contribution in [0.4, 0.5) is 17.1 Å². The van der Waals surface area contributed by atoms with Gasteiger partial charge in [-0.25, -0.2) is 0 Å². The lowest BCUT2D eigenvalue weighted by Gasteiger charge is -2.28. The average molecular weight is 676 g/mol. The van der Waals surface area contributed by atoms with E-state index in [2.05, 4.69) is 229 Å². The van der Waals surface area contributed by atoms with Crippen molar-refractivity contribution in [1.29, 1.82) is 0 Å². The summed E-state index contributed by atoms with van der Waals surface area (Å²) < 4.78 is 0. The van der Waals surface area contributed by atoms with Crippen molar-refractivity contribution in [3.63, 3.8) is 0 Å². The normalized spacial score (nSPS) is 11.0. The van der Waals surface area contributed by atoms with Crippen LogP contribution < -0.4 is 4.90 Å². The van der Waals surface area contributed by atoms with Crippen molar-refractivity contribution in [2.45, 2.75) is 0 Å². The minimum atomic E-state index is 1.10. The van der Waals surface area contributed by atoms with Crippen LogP contribution in [0.1, 0.15) is 0 Å². The van der Waals surface area contributed by atoms with Crippen LogP contribution in [0.15, 0.2) is 224 Å². The molecule has 1 nitrogen and oxygen atoms in total. The van der Waals surface area contributed by atoms with Crippen molar-refractivity contribution in [2.24, 2.45) is 0 Å². The summed E-state index contributed by atoms with van der Waals surface area (Å²) in [6.45, 7) is 0. The van der Waals surface area contributed by atoms with Gasteiger partial charge in [0, 0.05) is 16.9 Å². The van der Waals surface area contributed by atoms with E-state index in [4.69, 9.17) is 0 Å². The Balaban J connectivity index is 1.17. The summed E-state index contributed by atoms with van der Waals surface area (Å²) in [6.07, 6.45) is 0. The topological polar surface area (TPSA) is 3.24 Å². The summed E-state index contributed by atoms with van der Waals surface area (Å²) >= 11 is 0. The highest BCUT2D eigenvalue weighted by molar-refractivity contribution is 5.93. The molecule has 0 aliphatic carbocycles. The van der Waals surface area contributed by atoms with Crippen LogP contribution >= 0.6 is 0 Å². The first-order valence-corrected chi connectivity index (χ1v) is 18.2. The number of hydrogen-bond donors (Lipinski definition) is 0. The van der Waals surface area contributed by atoms with Crippen molar-refractivity contribution in [1.82, 2.24) is 0 Å². The number of para-hydroxylation sites is 1. The lowest BCUT2D eigenvalue weighted by atomic mass is 9.90. The average Bonchev–Trinajstić information content (AvgIpc) is 3.25. The molecule has 0 amide bonds. The second-order valence-electron chi connectivity index (χ2n) is 13.4. The van der Waals surface area contributed by atoms with Crippen molar-refractivity contribution in [2.75, 3.05) is 4.90 Å². The van der Waals surface area contributed by atoms with E-state index >= 15 is 0 Å². The highest BCUT2D eigenvalue weighted by Gasteiger charge is 2.19. The van der Waals surface area contributed by atoms with Gasteiger partial charge in [-0.15, -0.1) is 0 Å². The number of rotatable bonds is 8. The maximum atomic E-state index is 2.38. The summed E-state index contributed by atoms with van der Waals surface area (Å²) in [5.74, 6) is 0. The summed E-state index contributed by atoms with van der Waals surface area (Å²) in [7, 11) is 0. The van der Waals surface area contributed by atoms with Crippen LogP contribution in [0.5, 0.6) is 0 Å². The maximum absolute atomic E-state index is 2.38. The van der Waals surface area contributed by atoms with Gasteiger partial charge < -0.3 is 4.90 Å². The first kappa shape index (κ1) is 32.0. The van der Waals surface area contributed by atoms with Gasteiger partial charge in [0.05, 0.1) is 5.69 Å². The van der Waals surface area contributed by atoms with Crippen LogP contribution in [0.2, 0.25) is 0 Å². The standard InChI is InChI=1S/C52H37N/c1-5-16-40(17-6-1)49-33-29-45(36-50(49)41-18-7-2-8-19-41)46-30-34-52(51(37-46)42-20-9-3-10-21-42)53(47-23-11-4-12-24-47)48-31-27-39(28-32-48)44-26-25-38-15-13-14-22-43(38)35-44/h1-37H. The molecule has 9 rings (SSSR count). The molecule has 0 fully saturated rings. The van der Waals surface area contributed by atoms with Gasteiger partial charge in [0.15, 0.2) is 0 Å². The Bertz CT molecular complexity index is 2630. The van der Waals surface area contributed by atoms with Gasteiger partial charge >= 0.3 is 0 Å². The predicted octanol–water partition coefficient (Wildman–Crippen LogP) is 14.6. The van der Waals surface area contributed by atoms with E-state index in [1.807, 2.05) is 0 Å². The molecule has 53 heavy (non-hydrogen) atoms. The zero-order valence-corrected chi connectivity index (χ0v) is 29.3. The fourth-order valence-electron chi connectivity index (χ4n) is 7.39. The van der Waals surface area contributed by atoms with E-state index in [-0.39, 0.29) is 0 Å². The minimum Gasteiger partial charge on any atom is -0.310 e. The van der Waals surface area contributed by atoms with E-state index in [1.54, 1.807) is 0 Å². The predicted molar refractivity (Wildman–Crippen MR) is 226 cm³/mol. The van der Waals surface area contributed by atoms with Gasteiger partial charge in [-0.3, -0.25) is 0 Å². The highest BCUT2D eigenvalue weighted by Crippen LogP contribution is 2.44. The lowest BCUT2D eigenvalue weighted by Crippen LogP contribution is -2.11. The molecule has 0 N–H and O–H groups in total. The van der Waals surface area contributed by atoms with Gasteiger partial charge in [-0.1, -0.05) is 176 Å². The Morgan fingerprint density at radius 3 is 1.30 bits per heavy atom. The SMILES string of the molecule is c1ccc(-c2ccc(-c3ccc(N(c4ccccc4)c4ccc(-c5ccc6ccccc6c5)cc4)c(-c4ccccc4)c3)cc2-c2ccccc2)cc1. The van der Waals surface area contributed by atoms with E-state index in [0.29, 0.717) is 0 Å². The molecule has 9 aromatic carbocycles. The summed E-state index contributed by atoms with van der Waals surface area (Å²) in [4.78, 5) is 2.38. The maximum Gasteiger partial charge on any atom is 0.0540 e. The number of fused-ring (bicyclic) bond motifs is 1. The number of hydrogen-bond acceptors (Lipinski definition) is 1. The van der Waals surface area contributed by atoms with Crippen molar-refractivity contribution < 1.29 is 0 Å². The molecule has 0 atom stereocenters. The second-order valence-corrected chi connectivity index (χ2v) is 13.4. The zero-order valence-electron chi connectivity index (χ0n) is 29.3. The Labute approximate surface area is 311 Å². The second kappa shape index (κ2) is 14.3. The number of anilines is 3. The van der Waals surface area contributed by atoms with Crippen LogP contribution in [0, 0.1) is 0 Å².